The Morgan fingerprint density at radius 3 is 2.60 bits per heavy atom. The molecule has 1 aromatic heterocycles. The maximum atomic E-state index is 6.45. The van der Waals surface area contributed by atoms with Crippen LogP contribution in [-0.4, -0.2) is 31.1 Å². The summed E-state index contributed by atoms with van der Waals surface area (Å²) in [4.78, 5) is 3.79. The zero-order valence-electron chi connectivity index (χ0n) is 11.0. The number of piperazine rings is 1. The number of thiophene rings is 1. The molecule has 0 aliphatic carbocycles. The normalized spacial score (nSPS) is 18.1. The van der Waals surface area contributed by atoms with E-state index in [4.69, 9.17) is 23.2 Å². The van der Waals surface area contributed by atoms with E-state index in [0.29, 0.717) is 10.0 Å². The lowest BCUT2D eigenvalue weighted by Gasteiger charge is -2.35. The molecule has 1 aliphatic rings. The Morgan fingerprint density at radius 1 is 1.10 bits per heavy atom. The molecule has 2 heterocycles. The van der Waals surface area contributed by atoms with Crippen LogP contribution >= 0.6 is 34.5 Å². The molecule has 1 saturated heterocycles. The number of halogens is 2. The molecule has 1 fully saturated rings. The Morgan fingerprint density at radius 2 is 1.90 bits per heavy atom. The molecule has 1 N–H and O–H groups in total. The molecule has 0 radical (unpaired) electrons. The van der Waals surface area contributed by atoms with Crippen molar-refractivity contribution in [3.63, 3.8) is 0 Å². The lowest BCUT2D eigenvalue weighted by Crippen LogP contribution is -2.45. The third-order valence-electron chi connectivity index (χ3n) is 3.61. The van der Waals surface area contributed by atoms with Gasteiger partial charge in [-0.1, -0.05) is 41.4 Å². The van der Waals surface area contributed by atoms with Gasteiger partial charge in [-0.25, -0.2) is 0 Å². The Hall–Kier alpha value is -0.580. The predicted octanol–water partition coefficient (Wildman–Crippen LogP) is 4.05. The van der Waals surface area contributed by atoms with Crippen LogP contribution in [0.5, 0.6) is 0 Å². The van der Waals surface area contributed by atoms with E-state index >= 15 is 0 Å². The molecule has 2 nitrogen and oxygen atoms in total. The second-order valence-corrected chi connectivity index (χ2v) is 6.61. The molecular formula is C15H16Cl2N2S. The summed E-state index contributed by atoms with van der Waals surface area (Å²) in [7, 11) is 0. The first-order valence-electron chi connectivity index (χ1n) is 6.69. The number of nitrogens with zero attached hydrogens (tertiary/aromatic N) is 1. The molecule has 0 spiro atoms. The van der Waals surface area contributed by atoms with Gasteiger partial charge >= 0.3 is 0 Å². The Labute approximate surface area is 133 Å². The van der Waals surface area contributed by atoms with Crippen molar-refractivity contribution >= 4 is 34.5 Å². The van der Waals surface area contributed by atoms with Crippen LogP contribution in [0.15, 0.2) is 35.7 Å². The molecule has 1 unspecified atom stereocenters. The number of benzene rings is 1. The standard InChI is InChI=1S/C15H16Cl2N2S/c16-12-4-1-3-11(14(12)17)15(13-5-2-10-20-13)19-8-6-18-7-9-19/h1-5,10,15,18H,6-9H2. The molecule has 2 aromatic rings. The van der Waals surface area contributed by atoms with E-state index in [1.165, 1.54) is 4.88 Å². The molecule has 3 rings (SSSR count). The number of hydrogen-bond acceptors (Lipinski definition) is 3. The van der Waals surface area contributed by atoms with Gasteiger partial charge in [-0.3, -0.25) is 4.90 Å². The monoisotopic (exact) mass is 326 g/mol. The van der Waals surface area contributed by atoms with Gasteiger partial charge in [-0.05, 0) is 23.1 Å². The van der Waals surface area contributed by atoms with E-state index in [-0.39, 0.29) is 6.04 Å². The molecule has 1 aliphatic heterocycles. The third-order valence-corrected chi connectivity index (χ3v) is 5.36. The summed E-state index contributed by atoms with van der Waals surface area (Å²) in [5.74, 6) is 0. The quantitative estimate of drug-likeness (QED) is 0.915. The van der Waals surface area contributed by atoms with Gasteiger partial charge in [0.25, 0.3) is 0 Å². The van der Waals surface area contributed by atoms with Crippen LogP contribution in [0.4, 0.5) is 0 Å². The molecular weight excluding hydrogens is 311 g/mol. The molecule has 1 aromatic carbocycles. The lowest BCUT2D eigenvalue weighted by atomic mass is 10.0. The highest BCUT2D eigenvalue weighted by atomic mass is 35.5. The molecule has 5 heteroatoms. The third kappa shape index (κ3) is 2.87. The van der Waals surface area contributed by atoms with E-state index in [1.54, 1.807) is 11.3 Å². The van der Waals surface area contributed by atoms with Gasteiger partial charge in [0.15, 0.2) is 0 Å². The Kier molecular flexibility index (Phi) is 4.64. The average molecular weight is 327 g/mol. The largest absolute Gasteiger partial charge is 0.314 e. The van der Waals surface area contributed by atoms with Gasteiger partial charge in [-0.2, -0.15) is 0 Å². The van der Waals surface area contributed by atoms with Gasteiger partial charge in [0.05, 0.1) is 16.1 Å². The van der Waals surface area contributed by atoms with Crippen molar-refractivity contribution in [2.45, 2.75) is 6.04 Å². The van der Waals surface area contributed by atoms with Crippen molar-refractivity contribution in [2.75, 3.05) is 26.2 Å². The van der Waals surface area contributed by atoms with Crippen LogP contribution in [0.1, 0.15) is 16.5 Å². The molecule has 106 valence electrons. The highest BCUT2D eigenvalue weighted by molar-refractivity contribution is 7.10. The smallest absolute Gasteiger partial charge is 0.0712 e. The first kappa shape index (κ1) is 14.4. The van der Waals surface area contributed by atoms with Gasteiger partial charge in [0.2, 0.25) is 0 Å². The summed E-state index contributed by atoms with van der Waals surface area (Å²) in [5.41, 5.74) is 1.10. The average Bonchev–Trinajstić information content (AvgIpc) is 2.99. The first-order valence-corrected chi connectivity index (χ1v) is 8.33. The van der Waals surface area contributed by atoms with Gasteiger partial charge in [-0.15, -0.1) is 11.3 Å². The van der Waals surface area contributed by atoms with Crippen molar-refractivity contribution in [3.05, 3.63) is 56.2 Å². The zero-order valence-corrected chi connectivity index (χ0v) is 13.3. The number of nitrogens with one attached hydrogen (secondary N) is 1. The van der Waals surface area contributed by atoms with E-state index in [2.05, 4.69) is 33.8 Å². The summed E-state index contributed by atoms with van der Waals surface area (Å²) < 4.78 is 0. The van der Waals surface area contributed by atoms with E-state index in [0.717, 1.165) is 31.7 Å². The minimum absolute atomic E-state index is 0.198. The zero-order chi connectivity index (χ0) is 13.9. The lowest BCUT2D eigenvalue weighted by molar-refractivity contribution is 0.201. The SMILES string of the molecule is Clc1cccc(C(c2cccs2)N2CCNCC2)c1Cl. The maximum absolute atomic E-state index is 6.45. The molecule has 20 heavy (non-hydrogen) atoms. The van der Waals surface area contributed by atoms with E-state index in [1.807, 2.05) is 12.1 Å². The van der Waals surface area contributed by atoms with Crippen LogP contribution in [0.25, 0.3) is 0 Å². The van der Waals surface area contributed by atoms with Crippen molar-refractivity contribution in [1.82, 2.24) is 10.2 Å². The Balaban J connectivity index is 2.03. The van der Waals surface area contributed by atoms with Gasteiger partial charge < -0.3 is 5.32 Å². The molecule has 0 saturated carbocycles. The van der Waals surface area contributed by atoms with Crippen molar-refractivity contribution in [1.29, 1.82) is 0 Å². The van der Waals surface area contributed by atoms with E-state index in [9.17, 15) is 0 Å². The van der Waals surface area contributed by atoms with Crippen molar-refractivity contribution in [2.24, 2.45) is 0 Å². The Bertz CT molecular complexity index is 565. The highest BCUT2D eigenvalue weighted by Crippen LogP contribution is 2.38. The second kappa shape index (κ2) is 6.46. The predicted molar refractivity (Wildman–Crippen MR) is 87.1 cm³/mol. The fourth-order valence-electron chi connectivity index (χ4n) is 2.65. The summed E-state index contributed by atoms with van der Waals surface area (Å²) in [6.07, 6.45) is 0. The summed E-state index contributed by atoms with van der Waals surface area (Å²) in [6.45, 7) is 4.07. The van der Waals surface area contributed by atoms with E-state index < -0.39 is 0 Å². The van der Waals surface area contributed by atoms with Crippen LogP contribution in [0.2, 0.25) is 10.0 Å². The van der Waals surface area contributed by atoms with Gasteiger partial charge in [0.1, 0.15) is 0 Å². The van der Waals surface area contributed by atoms with Crippen LogP contribution in [0.3, 0.4) is 0 Å². The summed E-state index contributed by atoms with van der Waals surface area (Å²) >= 11 is 14.4. The molecule has 0 amide bonds. The molecule has 1 atom stereocenters. The highest BCUT2D eigenvalue weighted by Gasteiger charge is 2.26. The first-order chi connectivity index (χ1) is 9.77. The molecule has 0 bridgehead atoms. The van der Waals surface area contributed by atoms with Crippen LogP contribution < -0.4 is 5.32 Å². The number of rotatable bonds is 3. The minimum atomic E-state index is 0.198. The fourth-order valence-corrected chi connectivity index (χ4v) is 3.94. The second-order valence-electron chi connectivity index (χ2n) is 4.85. The van der Waals surface area contributed by atoms with Crippen LogP contribution in [-0.2, 0) is 0 Å². The summed E-state index contributed by atoms with van der Waals surface area (Å²) in [5, 5.41) is 6.81. The number of hydrogen-bond donors (Lipinski definition) is 1. The van der Waals surface area contributed by atoms with Crippen LogP contribution in [0, 0.1) is 0 Å². The topological polar surface area (TPSA) is 15.3 Å². The van der Waals surface area contributed by atoms with Crippen molar-refractivity contribution in [3.8, 4) is 0 Å². The maximum Gasteiger partial charge on any atom is 0.0712 e. The summed E-state index contributed by atoms with van der Waals surface area (Å²) in [6, 6.07) is 10.4. The minimum Gasteiger partial charge on any atom is -0.314 e. The fraction of sp³-hybridized carbons (Fsp3) is 0.333. The van der Waals surface area contributed by atoms with Crippen molar-refractivity contribution < 1.29 is 0 Å². The van der Waals surface area contributed by atoms with Gasteiger partial charge in [0, 0.05) is 31.1 Å².